The third-order valence-corrected chi connectivity index (χ3v) is 9.80. The predicted octanol–water partition coefficient (Wildman–Crippen LogP) is 4.93. The van der Waals surface area contributed by atoms with Gasteiger partial charge in [0.05, 0.1) is 24.7 Å². The Morgan fingerprint density at radius 2 is 1.71 bits per heavy atom. The zero-order chi connectivity index (χ0) is 29.4. The summed E-state index contributed by atoms with van der Waals surface area (Å²) in [5.41, 5.74) is 2.67. The van der Waals surface area contributed by atoms with Crippen molar-refractivity contribution >= 4 is 39.0 Å². The van der Waals surface area contributed by atoms with E-state index in [4.69, 9.17) is 14.2 Å². The molecule has 0 spiro atoms. The van der Waals surface area contributed by atoms with Crippen LogP contribution >= 0.6 is 11.3 Å². The Morgan fingerprint density at radius 3 is 2.39 bits per heavy atom. The highest BCUT2D eigenvalue weighted by Gasteiger charge is 2.32. The topological polar surface area (TPSA) is 111 Å². The molecule has 2 aromatic carbocycles. The summed E-state index contributed by atoms with van der Waals surface area (Å²) in [6, 6.07) is 16.3. The molecule has 3 aromatic rings. The summed E-state index contributed by atoms with van der Waals surface area (Å²) in [6.07, 6.45) is 1.38. The van der Waals surface area contributed by atoms with Crippen molar-refractivity contribution in [2.75, 3.05) is 37.2 Å². The van der Waals surface area contributed by atoms with E-state index in [1.165, 1.54) is 11.3 Å². The van der Waals surface area contributed by atoms with E-state index < -0.39 is 22.0 Å². The number of hydrogen-bond donors (Lipinski definition) is 1. The van der Waals surface area contributed by atoms with Crippen molar-refractivity contribution in [3.8, 4) is 16.2 Å². The first-order valence-corrected chi connectivity index (χ1v) is 16.1. The zero-order valence-electron chi connectivity index (χ0n) is 23.6. The number of thiophene rings is 1. The van der Waals surface area contributed by atoms with Gasteiger partial charge in [-0.15, -0.1) is 11.3 Å². The second-order valence-corrected chi connectivity index (χ2v) is 12.5. The van der Waals surface area contributed by atoms with E-state index >= 15 is 0 Å². The van der Waals surface area contributed by atoms with Crippen molar-refractivity contribution in [3.05, 3.63) is 70.6 Å². The lowest BCUT2D eigenvalue weighted by Gasteiger charge is -2.35. The first kappa shape index (κ1) is 30.5. The molecular formula is C30H36N2O7S2. The Balaban J connectivity index is 1.74. The van der Waals surface area contributed by atoms with Crippen molar-refractivity contribution in [2.45, 2.75) is 45.4 Å². The molecule has 1 N–H and O–H groups in total. The molecule has 0 aliphatic carbocycles. The molecule has 220 valence electrons. The van der Waals surface area contributed by atoms with Gasteiger partial charge in [0.25, 0.3) is 0 Å². The summed E-state index contributed by atoms with van der Waals surface area (Å²) in [7, 11) is -3.73. The van der Waals surface area contributed by atoms with Crippen LogP contribution in [0.2, 0.25) is 0 Å². The molecular weight excluding hydrogens is 564 g/mol. The maximum absolute atomic E-state index is 13.9. The van der Waals surface area contributed by atoms with Gasteiger partial charge >= 0.3 is 11.9 Å². The van der Waals surface area contributed by atoms with Gasteiger partial charge in [-0.25, -0.2) is 18.0 Å². The second-order valence-electron chi connectivity index (χ2n) is 9.60. The van der Waals surface area contributed by atoms with E-state index in [0.717, 1.165) is 29.1 Å². The van der Waals surface area contributed by atoms with Crippen LogP contribution in [0.15, 0.2) is 54.6 Å². The lowest BCUT2D eigenvalue weighted by atomic mass is 10.0. The first-order valence-electron chi connectivity index (χ1n) is 13.7. The summed E-state index contributed by atoms with van der Waals surface area (Å²) >= 11 is 1.19. The fraction of sp³-hybridized carbons (Fsp3) is 0.400. The van der Waals surface area contributed by atoms with Crippen LogP contribution in [-0.4, -0.2) is 59.3 Å². The third kappa shape index (κ3) is 7.46. The van der Waals surface area contributed by atoms with Crippen LogP contribution in [0, 0.1) is 6.92 Å². The van der Waals surface area contributed by atoms with Gasteiger partial charge in [-0.3, -0.25) is 4.31 Å². The van der Waals surface area contributed by atoms with Gasteiger partial charge in [-0.2, -0.15) is 0 Å². The third-order valence-electron chi connectivity index (χ3n) is 6.69. The fourth-order valence-electron chi connectivity index (χ4n) is 4.89. The minimum absolute atomic E-state index is 0.112. The van der Waals surface area contributed by atoms with E-state index in [1.807, 2.05) is 48.5 Å². The highest BCUT2D eigenvalue weighted by molar-refractivity contribution is 7.92. The quantitative estimate of drug-likeness (QED) is 0.292. The number of ether oxygens (including phenoxy) is 3. The number of anilines is 1. The summed E-state index contributed by atoms with van der Waals surface area (Å²) in [5.74, 6) is -0.950. The molecule has 0 unspecified atom stereocenters. The Kier molecular flexibility index (Phi) is 10.4. The van der Waals surface area contributed by atoms with Crippen LogP contribution < -0.4 is 14.4 Å². The maximum atomic E-state index is 13.9. The number of hydrogen-bond acceptors (Lipinski definition) is 9. The minimum atomic E-state index is -3.73. The van der Waals surface area contributed by atoms with Crippen molar-refractivity contribution in [3.63, 3.8) is 0 Å². The summed E-state index contributed by atoms with van der Waals surface area (Å²) < 4.78 is 45.4. The number of benzene rings is 2. The molecule has 9 nitrogen and oxygen atoms in total. The number of nitrogens with zero attached hydrogens (tertiary/aromatic N) is 1. The number of esters is 2. The SMILES string of the molecule is CCOC(=O)COc1c(C(=O)OCC)sc(-c2cccc(N(C3CCNCC3)S(=O)(=O)Cc3ccccc3)c2)c1C. The van der Waals surface area contributed by atoms with Crippen molar-refractivity contribution in [1.29, 1.82) is 0 Å². The molecule has 0 saturated carbocycles. The summed E-state index contributed by atoms with van der Waals surface area (Å²) in [4.78, 5) is 25.8. The molecule has 11 heteroatoms. The number of nitrogens with one attached hydrogen (secondary N) is 1. The molecule has 0 bridgehead atoms. The normalized spacial score (nSPS) is 13.9. The Hall–Kier alpha value is -3.41. The largest absolute Gasteiger partial charge is 0.480 e. The van der Waals surface area contributed by atoms with Gasteiger partial charge in [-0.05, 0) is 70.0 Å². The maximum Gasteiger partial charge on any atom is 0.352 e. The number of sulfonamides is 1. The van der Waals surface area contributed by atoms with Crippen LogP contribution in [-0.2, 0) is 30.0 Å². The molecule has 1 aliphatic rings. The van der Waals surface area contributed by atoms with Gasteiger partial charge in [-0.1, -0.05) is 42.5 Å². The molecule has 4 rings (SSSR count). The fourth-order valence-corrected chi connectivity index (χ4v) is 7.89. The predicted molar refractivity (Wildman–Crippen MR) is 160 cm³/mol. The second kappa shape index (κ2) is 14.0. The van der Waals surface area contributed by atoms with Crippen LogP contribution in [0.5, 0.6) is 5.75 Å². The smallest absolute Gasteiger partial charge is 0.352 e. The van der Waals surface area contributed by atoms with Crippen molar-refractivity contribution < 1.29 is 32.2 Å². The van der Waals surface area contributed by atoms with Crippen LogP contribution in [0.25, 0.3) is 10.4 Å². The summed E-state index contributed by atoms with van der Waals surface area (Å²) in [6.45, 7) is 6.74. The van der Waals surface area contributed by atoms with Crippen LogP contribution in [0.1, 0.15) is 47.5 Å². The van der Waals surface area contributed by atoms with E-state index in [2.05, 4.69) is 5.32 Å². The van der Waals surface area contributed by atoms with Gasteiger partial charge in [0.1, 0.15) is 5.75 Å². The van der Waals surface area contributed by atoms with E-state index in [9.17, 15) is 18.0 Å². The molecule has 1 fully saturated rings. The Morgan fingerprint density at radius 1 is 1.00 bits per heavy atom. The van der Waals surface area contributed by atoms with Crippen molar-refractivity contribution in [1.82, 2.24) is 5.32 Å². The molecule has 1 aliphatic heterocycles. The molecule has 0 amide bonds. The average molecular weight is 601 g/mol. The minimum Gasteiger partial charge on any atom is -0.480 e. The highest BCUT2D eigenvalue weighted by atomic mass is 32.2. The number of carbonyl (C=O) groups excluding carboxylic acids is 2. The lowest BCUT2D eigenvalue weighted by molar-refractivity contribution is -0.145. The number of rotatable bonds is 12. The molecule has 1 saturated heterocycles. The van der Waals surface area contributed by atoms with Gasteiger partial charge in [0.2, 0.25) is 10.0 Å². The first-order chi connectivity index (χ1) is 19.7. The number of carbonyl (C=O) groups is 2. The monoisotopic (exact) mass is 600 g/mol. The average Bonchev–Trinajstić information content (AvgIpc) is 3.29. The van der Waals surface area contributed by atoms with E-state index in [1.54, 1.807) is 31.1 Å². The molecule has 1 aromatic heterocycles. The summed E-state index contributed by atoms with van der Waals surface area (Å²) in [5, 5.41) is 3.31. The standard InChI is InChI=1S/C30H36N2O7S2/c1-4-37-26(33)19-39-27-21(3)28(40-29(27)30(34)38-5-2)23-12-9-13-25(18-23)32(24-14-16-31-17-15-24)41(35,36)20-22-10-7-6-8-11-22/h6-13,18,24,31H,4-5,14-17,19-20H2,1-3H3. The van der Waals surface area contributed by atoms with Gasteiger partial charge < -0.3 is 19.5 Å². The van der Waals surface area contributed by atoms with Gasteiger partial charge in [0.15, 0.2) is 11.5 Å². The van der Waals surface area contributed by atoms with Crippen molar-refractivity contribution in [2.24, 2.45) is 0 Å². The zero-order valence-corrected chi connectivity index (χ0v) is 25.2. The van der Waals surface area contributed by atoms with Gasteiger partial charge in [0, 0.05) is 16.5 Å². The lowest BCUT2D eigenvalue weighted by Crippen LogP contribution is -2.46. The molecule has 41 heavy (non-hydrogen) atoms. The highest BCUT2D eigenvalue weighted by Crippen LogP contribution is 2.43. The molecule has 0 atom stereocenters. The van der Waals surface area contributed by atoms with E-state index in [-0.39, 0.29) is 42.2 Å². The number of piperidine rings is 1. The van der Waals surface area contributed by atoms with E-state index in [0.29, 0.717) is 24.1 Å². The van der Waals surface area contributed by atoms with Crippen LogP contribution in [0.4, 0.5) is 5.69 Å². The molecule has 0 radical (unpaired) electrons. The molecule has 2 heterocycles. The Labute approximate surface area is 245 Å². The Bertz CT molecular complexity index is 1450. The van der Waals surface area contributed by atoms with Crippen LogP contribution in [0.3, 0.4) is 0 Å².